The van der Waals surface area contributed by atoms with Crippen LogP contribution in [0.5, 0.6) is 0 Å². The van der Waals surface area contributed by atoms with Crippen LogP contribution in [0, 0.1) is 0 Å². The third-order valence-corrected chi connectivity index (χ3v) is 0.328. The van der Waals surface area contributed by atoms with Crippen LogP contribution < -0.4 is 5.32 Å². The smallest absolute Gasteiger partial charge is 0.317 e. The Balaban J connectivity index is -0.0000000417. The summed E-state index contributed by atoms with van der Waals surface area (Å²) in [5, 5.41) is 10.3. The molecule has 0 aliphatic heterocycles. The van der Waals surface area contributed by atoms with Crippen molar-refractivity contribution in [2.24, 2.45) is 0 Å². The van der Waals surface area contributed by atoms with Crippen molar-refractivity contribution < 1.29 is 36.1 Å². The van der Waals surface area contributed by atoms with Gasteiger partial charge in [-0.25, -0.2) is 0 Å². The zero-order valence-corrected chi connectivity index (χ0v) is 7.75. The van der Waals surface area contributed by atoms with Gasteiger partial charge in [0.05, 0.1) is 6.54 Å². The number of carboxylic acid groups (broad SMARTS) is 1. The zero-order valence-electron chi connectivity index (χ0n) is 4.47. The molecule has 0 saturated heterocycles. The number of likely N-dealkylation sites (N-methyl/N-ethyl adjacent to an activating group) is 1. The minimum atomic E-state index is -0.822. The number of aliphatic carboxylic acids is 1. The van der Waals surface area contributed by atoms with Gasteiger partial charge < -0.3 is 10.4 Å². The largest absolute Gasteiger partial charge is 0.480 e. The van der Waals surface area contributed by atoms with Gasteiger partial charge in [-0.05, 0) is 7.05 Å². The molecule has 0 amide bonds. The van der Waals surface area contributed by atoms with Gasteiger partial charge in [0, 0.05) is 26.2 Å². The summed E-state index contributed by atoms with van der Waals surface area (Å²) >= 11 is 0. The van der Waals surface area contributed by atoms with Crippen molar-refractivity contribution in [3.63, 3.8) is 0 Å². The number of carboxylic acids is 1. The minimum absolute atomic E-state index is 0. The maximum Gasteiger partial charge on any atom is 0.317 e. The van der Waals surface area contributed by atoms with E-state index in [1.165, 1.54) is 0 Å². The molecule has 54 valence electrons. The molecule has 0 heterocycles. The maximum atomic E-state index is 9.54. The maximum absolute atomic E-state index is 9.54. The first-order valence-corrected chi connectivity index (χ1v) is 1.63. The summed E-state index contributed by atoms with van der Waals surface area (Å²) in [4.78, 5) is 9.54. The number of halogens is 1. The average Bonchev–Trinajstić information content (AvgIpc) is 1.35. The summed E-state index contributed by atoms with van der Waals surface area (Å²) in [7, 11) is 1.59. The quantitative estimate of drug-likeness (QED) is 0.585. The Labute approximate surface area is 90.2 Å². The van der Waals surface area contributed by atoms with Crippen LogP contribution in [0.1, 0.15) is 0 Å². The molecule has 0 spiro atoms. The molecule has 3 nitrogen and oxygen atoms in total. The first-order valence-electron chi connectivity index (χ1n) is 1.63. The van der Waals surface area contributed by atoms with Crippen LogP contribution in [-0.2, 0) is 31.0 Å². The fraction of sp³-hybridized carbons (Fsp3) is 0.667. The van der Waals surface area contributed by atoms with Crippen LogP contribution in [0.3, 0.4) is 0 Å². The summed E-state index contributed by atoms with van der Waals surface area (Å²) in [6, 6.07) is 0. The first-order chi connectivity index (χ1) is 2.77. The topological polar surface area (TPSA) is 49.3 Å². The Morgan fingerprint density at radius 1 is 1.67 bits per heavy atom. The Hall–Kier alpha value is 1.14. The van der Waals surface area contributed by atoms with Crippen LogP contribution in [0.2, 0.25) is 0 Å². The molecule has 0 bridgehead atoms. The number of carbonyl (C=O) groups is 1. The fourth-order valence-corrected chi connectivity index (χ4v) is 0.151. The summed E-state index contributed by atoms with van der Waals surface area (Å²) in [6.45, 7) is 0.0417. The van der Waals surface area contributed by atoms with Gasteiger partial charge >= 0.3 is 5.97 Å². The Morgan fingerprint density at radius 3 is 2.00 bits per heavy atom. The summed E-state index contributed by atoms with van der Waals surface area (Å²) in [5.74, 6) is -0.822. The van der Waals surface area contributed by atoms with Crippen molar-refractivity contribution >= 4 is 35.7 Å². The van der Waals surface area contributed by atoms with Gasteiger partial charge in [-0.1, -0.05) is 0 Å². The van der Waals surface area contributed by atoms with Crippen LogP contribution in [0.15, 0.2) is 0 Å². The number of hydrogen-bond donors (Lipinski definition) is 2. The molecular formula is C3H11AlClNO2Zr. The normalized spacial score (nSPS) is 5.44. The SMILES string of the molecule is CNCC(=O)O.Cl.[AlH3].[Zr]. The molecule has 0 atom stereocenters. The van der Waals surface area contributed by atoms with Gasteiger partial charge in [0.2, 0.25) is 0 Å². The van der Waals surface area contributed by atoms with Gasteiger partial charge in [0.1, 0.15) is 0 Å². The molecule has 0 rings (SSSR count). The molecule has 0 aliphatic carbocycles. The predicted molar refractivity (Wildman–Crippen MR) is 38.7 cm³/mol. The van der Waals surface area contributed by atoms with E-state index in [1.807, 2.05) is 0 Å². The van der Waals surface area contributed by atoms with Crippen molar-refractivity contribution in [2.75, 3.05) is 13.6 Å². The van der Waals surface area contributed by atoms with Gasteiger partial charge in [-0.2, -0.15) is 0 Å². The molecule has 6 heteroatoms. The van der Waals surface area contributed by atoms with E-state index in [4.69, 9.17) is 5.11 Å². The molecule has 0 saturated carbocycles. The second-order valence-electron chi connectivity index (χ2n) is 0.924. The van der Waals surface area contributed by atoms with E-state index in [9.17, 15) is 4.79 Å². The second-order valence-corrected chi connectivity index (χ2v) is 0.924. The predicted octanol–water partition coefficient (Wildman–Crippen LogP) is -1.47. The molecule has 0 aromatic carbocycles. The van der Waals surface area contributed by atoms with Crippen LogP contribution in [0.25, 0.3) is 0 Å². The fourth-order valence-electron chi connectivity index (χ4n) is 0.151. The standard InChI is InChI=1S/C3H7NO2.Al.ClH.Zr.3H/c1-4-2-3(5)6;;;;;;/h4H,2H2,1H3,(H,5,6);;1H;;;;. The number of hydrogen-bond acceptors (Lipinski definition) is 2. The molecule has 0 aromatic rings. The van der Waals surface area contributed by atoms with E-state index in [2.05, 4.69) is 5.32 Å². The molecule has 2 N–H and O–H groups in total. The molecule has 0 fully saturated rings. The Bertz CT molecular complexity index is 65.8. The summed E-state index contributed by atoms with van der Waals surface area (Å²) in [5.41, 5.74) is 0. The van der Waals surface area contributed by atoms with Crippen LogP contribution in [-0.4, -0.2) is 42.0 Å². The van der Waals surface area contributed by atoms with Crippen LogP contribution in [0.4, 0.5) is 0 Å². The third-order valence-electron chi connectivity index (χ3n) is 0.328. The van der Waals surface area contributed by atoms with Gasteiger partial charge in [0.25, 0.3) is 0 Å². The molecule has 0 aromatic heterocycles. The van der Waals surface area contributed by atoms with Gasteiger partial charge in [-0.15, -0.1) is 12.4 Å². The second kappa shape index (κ2) is 16.1. The van der Waals surface area contributed by atoms with Crippen molar-refractivity contribution in [3.8, 4) is 0 Å². The van der Waals surface area contributed by atoms with E-state index in [0.717, 1.165) is 0 Å². The Kier molecular flexibility index (Phi) is 40.1. The van der Waals surface area contributed by atoms with Crippen molar-refractivity contribution in [1.82, 2.24) is 5.32 Å². The molecule has 9 heavy (non-hydrogen) atoms. The van der Waals surface area contributed by atoms with Gasteiger partial charge in [0.15, 0.2) is 17.4 Å². The van der Waals surface area contributed by atoms with E-state index >= 15 is 0 Å². The number of rotatable bonds is 2. The van der Waals surface area contributed by atoms with Crippen molar-refractivity contribution in [3.05, 3.63) is 0 Å². The zero-order chi connectivity index (χ0) is 4.99. The monoisotopic (exact) mass is 245 g/mol. The molecular weight excluding hydrogens is 236 g/mol. The van der Waals surface area contributed by atoms with Gasteiger partial charge in [-0.3, -0.25) is 4.79 Å². The molecule has 0 radical (unpaired) electrons. The van der Waals surface area contributed by atoms with Crippen molar-refractivity contribution in [1.29, 1.82) is 0 Å². The van der Waals surface area contributed by atoms with Crippen molar-refractivity contribution in [2.45, 2.75) is 0 Å². The Morgan fingerprint density at radius 2 is 2.00 bits per heavy atom. The molecule has 0 unspecified atom stereocenters. The van der Waals surface area contributed by atoms with E-state index in [1.54, 1.807) is 7.05 Å². The van der Waals surface area contributed by atoms with E-state index in [-0.39, 0.29) is 62.5 Å². The third kappa shape index (κ3) is 27.2. The summed E-state index contributed by atoms with van der Waals surface area (Å²) in [6.07, 6.45) is 0. The van der Waals surface area contributed by atoms with E-state index in [0.29, 0.717) is 0 Å². The number of nitrogens with one attached hydrogen (secondary N) is 1. The minimum Gasteiger partial charge on any atom is -0.480 e. The van der Waals surface area contributed by atoms with E-state index < -0.39 is 5.97 Å². The first kappa shape index (κ1) is 22.5. The molecule has 0 aliphatic rings. The van der Waals surface area contributed by atoms with Crippen LogP contribution >= 0.6 is 12.4 Å². The summed E-state index contributed by atoms with van der Waals surface area (Å²) < 4.78 is 0. The average molecular weight is 247 g/mol.